The van der Waals surface area contributed by atoms with Crippen molar-refractivity contribution in [2.75, 3.05) is 25.5 Å². The minimum Gasteiger partial charge on any atom is -0.361 e. The van der Waals surface area contributed by atoms with E-state index in [1.807, 2.05) is 67.7 Å². The summed E-state index contributed by atoms with van der Waals surface area (Å²) in [5.74, 6) is 0.303. The highest BCUT2D eigenvalue weighted by Crippen LogP contribution is 2.34. The van der Waals surface area contributed by atoms with Crippen molar-refractivity contribution in [1.29, 1.82) is 0 Å². The molecule has 0 spiro atoms. The molecule has 1 atom stereocenters. The lowest BCUT2D eigenvalue weighted by Gasteiger charge is -2.19. The fraction of sp³-hybridized carbons (Fsp3) is 0.174. The van der Waals surface area contributed by atoms with Gasteiger partial charge in [-0.05, 0) is 35.4 Å². The van der Waals surface area contributed by atoms with Crippen LogP contribution in [0.5, 0.6) is 0 Å². The first-order chi connectivity index (χ1) is 14.5. The number of H-pyrrole nitrogens is 1. The number of benzene rings is 2. The monoisotopic (exact) mass is 419 g/mol. The third-order valence-electron chi connectivity index (χ3n) is 5.09. The molecule has 152 valence electrons. The molecule has 0 aliphatic rings. The molecule has 1 amide bonds. The van der Waals surface area contributed by atoms with Crippen molar-refractivity contribution < 1.29 is 4.79 Å². The van der Waals surface area contributed by atoms with Crippen LogP contribution in [0.3, 0.4) is 0 Å². The van der Waals surface area contributed by atoms with Crippen LogP contribution in [0, 0.1) is 0 Å². The van der Waals surface area contributed by atoms with Crippen LogP contribution in [0.1, 0.15) is 27.5 Å². The van der Waals surface area contributed by atoms with Crippen LogP contribution in [0.4, 0.5) is 5.82 Å². The molecule has 0 saturated carbocycles. The summed E-state index contributed by atoms with van der Waals surface area (Å²) in [6.45, 7) is 0.377. The maximum Gasteiger partial charge on any atom is 0.271 e. The van der Waals surface area contributed by atoms with Gasteiger partial charge in [0, 0.05) is 48.7 Å². The van der Waals surface area contributed by atoms with E-state index < -0.39 is 0 Å². The standard InChI is InChI=1S/C23H22ClN5O/c1-29(2)22-12-11-21(27-28-22)23(30)26-14-17(15-7-3-5-9-19(15)24)18-13-25-20-10-6-4-8-16(18)20/h3-13,17,25H,14H2,1-2H3,(H,26,30). The second-order valence-corrected chi connectivity index (χ2v) is 7.65. The molecule has 0 aliphatic carbocycles. The number of rotatable bonds is 6. The summed E-state index contributed by atoms with van der Waals surface area (Å²) in [6.07, 6.45) is 1.98. The van der Waals surface area contributed by atoms with Gasteiger partial charge in [-0.1, -0.05) is 48.0 Å². The SMILES string of the molecule is CN(C)c1ccc(C(=O)NCC(c2ccccc2Cl)c2c[nH]c3ccccc23)nn1. The third kappa shape index (κ3) is 4.00. The smallest absolute Gasteiger partial charge is 0.271 e. The van der Waals surface area contributed by atoms with E-state index in [2.05, 4.69) is 26.6 Å². The zero-order valence-electron chi connectivity index (χ0n) is 16.8. The van der Waals surface area contributed by atoms with Gasteiger partial charge in [-0.2, -0.15) is 0 Å². The van der Waals surface area contributed by atoms with Gasteiger partial charge in [0.2, 0.25) is 0 Å². The molecule has 7 heteroatoms. The Bertz CT molecular complexity index is 1170. The van der Waals surface area contributed by atoms with Crippen LogP contribution in [-0.4, -0.2) is 41.7 Å². The number of nitrogens with zero attached hydrogens (tertiary/aromatic N) is 3. The Morgan fingerprint density at radius 2 is 1.80 bits per heavy atom. The molecule has 4 rings (SSSR count). The number of hydrogen-bond donors (Lipinski definition) is 2. The van der Waals surface area contributed by atoms with Gasteiger partial charge in [0.1, 0.15) is 0 Å². The highest BCUT2D eigenvalue weighted by Gasteiger charge is 2.21. The fourth-order valence-corrected chi connectivity index (χ4v) is 3.77. The zero-order valence-corrected chi connectivity index (χ0v) is 17.5. The Morgan fingerprint density at radius 3 is 2.53 bits per heavy atom. The number of aromatic amines is 1. The first kappa shape index (κ1) is 19.9. The minimum absolute atomic E-state index is 0.118. The first-order valence-electron chi connectivity index (χ1n) is 9.64. The number of hydrogen-bond acceptors (Lipinski definition) is 4. The summed E-state index contributed by atoms with van der Waals surface area (Å²) in [4.78, 5) is 17.9. The number of carbonyl (C=O) groups is 1. The number of halogens is 1. The number of amides is 1. The largest absolute Gasteiger partial charge is 0.361 e. The molecular formula is C23H22ClN5O. The van der Waals surface area contributed by atoms with Crippen molar-refractivity contribution in [1.82, 2.24) is 20.5 Å². The number of aromatic nitrogens is 3. The van der Waals surface area contributed by atoms with Crippen molar-refractivity contribution in [3.05, 3.63) is 88.7 Å². The van der Waals surface area contributed by atoms with Gasteiger partial charge in [-0.15, -0.1) is 10.2 Å². The second kappa shape index (κ2) is 8.55. The minimum atomic E-state index is -0.273. The summed E-state index contributed by atoms with van der Waals surface area (Å²) >= 11 is 6.52. The van der Waals surface area contributed by atoms with Crippen molar-refractivity contribution >= 4 is 34.2 Å². The van der Waals surface area contributed by atoms with E-state index >= 15 is 0 Å². The molecule has 2 aromatic carbocycles. The van der Waals surface area contributed by atoms with E-state index in [0.717, 1.165) is 22.0 Å². The Kier molecular flexibility index (Phi) is 5.68. The number of fused-ring (bicyclic) bond motifs is 1. The average molecular weight is 420 g/mol. The molecule has 2 aromatic heterocycles. The van der Waals surface area contributed by atoms with Crippen molar-refractivity contribution in [2.45, 2.75) is 5.92 Å². The maximum absolute atomic E-state index is 12.7. The van der Waals surface area contributed by atoms with E-state index in [1.54, 1.807) is 12.1 Å². The molecule has 4 aromatic rings. The summed E-state index contributed by atoms with van der Waals surface area (Å²) in [7, 11) is 3.75. The Hall–Kier alpha value is -3.38. The number of para-hydroxylation sites is 1. The lowest BCUT2D eigenvalue weighted by atomic mass is 9.90. The van der Waals surface area contributed by atoms with E-state index in [0.29, 0.717) is 17.4 Å². The summed E-state index contributed by atoms with van der Waals surface area (Å²) < 4.78 is 0. The van der Waals surface area contributed by atoms with Crippen LogP contribution in [-0.2, 0) is 0 Å². The maximum atomic E-state index is 12.7. The molecule has 0 radical (unpaired) electrons. The zero-order chi connectivity index (χ0) is 21.1. The number of anilines is 1. The van der Waals surface area contributed by atoms with Crippen LogP contribution in [0.25, 0.3) is 10.9 Å². The van der Waals surface area contributed by atoms with E-state index in [4.69, 9.17) is 11.6 Å². The van der Waals surface area contributed by atoms with Gasteiger partial charge in [-0.3, -0.25) is 4.79 Å². The van der Waals surface area contributed by atoms with Gasteiger partial charge in [0.05, 0.1) is 0 Å². The normalized spacial score (nSPS) is 12.0. The molecule has 2 N–H and O–H groups in total. The third-order valence-corrected chi connectivity index (χ3v) is 5.43. The topological polar surface area (TPSA) is 73.9 Å². The van der Waals surface area contributed by atoms with Crippen LogP contribution in [0.2, 0.25) is 5.02 Å². The van der Waals surface area contributed by atoms with Gasteiger partial charge in [0.25, 0.3) is 5.91 Å². The number of carbonyl (C=O) groups excluding carboxylic acids is 1. The molecule has 0 saturated heterocycles. The molecule has 30 heavy (non-hydrogen) atoms. The lowest BCUT2D eigenvalue weighted by molar-refractivity contribution is 0.0946. The van der Waals surface area contributed by atoms with E-state index in [9.17, 15) is 4.79 Å². The van der Waals surface area contributed by atoms with Gasteiger partial charge >= 0.3 is 0 Å². The van der Waals surface area contributed by atoms with E-state index in [1.165, 1.54) is 0 Å². The van der Waals surface area contributed by atoms with Crippen LogP contribution in [0.15, 0.2) is 66.9 Å². The average Bonchev–Trinajstić information content (AvgIpc) is 3.19. The van der Waals surface area contributed by atoms with Gasteiger partial charge in [-0.25, -0.2) is 0 Å². The van der Waals surface area contributed by atoms with Gasteiger partial charge in [0.15, 0.2) is 11.5 Å². The summed E-state index contributed by atoms with van der Waals surface area (Å²) in [6, 6.07) is 19.3. The molecule has 6 nitrogen and oxygen atoms in total. The predicted molar refractivity (Wildman–Crippen MR) is 120 cm³/mol. The lowest BCUT2D eigenvalue weighted by Crippen LogP contribution is -2.30. The highest BCUT2D eigenvalue weighted by atomic mass is 35.5. The van der Waals surface area contributed by atoms with Crippen LogP contribution >= 0.6 is 11.6 Å². The van der Waals surface area contributed by atoms with Gasteiger partial charge < -0.3 is 15.2 Å². The molecule has 0 fully saturated rings. The van der Waals surface area contributed by atoms with Crippen molar-refractivity contribution in [3.8, 4) is 0 Å². The van der Waals surface area contributed by atoms with Crippen molar-refractivity contribution in [2.24, 2.45) is 0 Å². The highest BCUT2D eigenvalue weighted by molar-refractivity contribution is 6.31. The molecular weight excluding hydrogens is 398 g/mol. The molecule has 0 aliphatic heterocycles. The Labute approximate surface area is 179 Å². The molecule has 0 bridgehead atoms. The molecule has 2 heterocycles. The fourth-order valence-electron chi connectivity index (χ4n) is 3.50. The van der Waals surface area contributed by atoms with Crippen LogP contribution < -0.4 is 10.2 Å². The Morgan fingerprint density at radius 1 is 1.03 bits per heavy atom. The number of nitrogens with one attached hydrogen (secondary N) is 2. The summed E-state index contributed by atoms with van der Waals surface area (Å²) in [5.41, 5.74) is 3.35. The summed E-state index contributed by atoms with van der Waals surface area (Å²) in [5, 5.41) is 12.9. The second-order valence-electron chi connectivity index (χ2n) is 7.24. The quantitative estimate of drug-likeness (QED) is 0.490. The first-order valence-corrected chi connectivity index (χ1v) is 10.0. The predicted octanol–water partition coefficient (Wildman–Crippen LogP) is 4.24. The van der Waals surface area contributed by atoms with E-state index in [-0.39, 0.29) is 17.5 Å². The van der Waals surface area contributed by atoms with Crippen molar-refractivity contribution in [3.63, 3.8) is 0 Å². The molecule has 1 unspecified atom stereocenters. The Balaban J connectivity index is 1.62.